The Labute approximate surface area is 139 Å². The van der Waals surface area contributed by atoms with Crippen molar-refractivity contribution in [2.45, 2.75) is 6.42 Å². The Morgan fingerprint density at radius 3 is 2.54 bits per heavy atom. The van der Waals surface area contributed by atoms with Crippen LogP contribution in [0.25, 0.3) is 0 Å². The molecule has 1 aliphatic rings. The van der Waals surface area contributed by atoms with Gasteiger partial charge >= 0.3 is 0 Å². The molecule has 0 atom stereocenters. The highest BCUT2D eigenvalue weighted by Crippen LogP contribution is 2.25. The van der Waals surface area contributed by atoms with Crippen molar-refractivity contribution in [2.75, 3.05) is 19.5 Å². The smallest absolute Gasteiger partial charge is 0.261 e. The summed E-state index contributed by atoms with van der Waals surface area (Å²) in [7, 11) is 2.99. The third-order valence-electron chi connectivity index (χ3n) is 3.92. The van der Waals surface area contributed by atoms with Gasteiger partial charge in [0.25, 0.3) is 11.8 Å². The minimum atomic E-state index is -0.365. The minimum absolute atomic E-state index is 0.147. The first-order chi connectivity index (χ1) is 11.5. The van der Waals surface area contributed by atoms with E-state index in [0.717, 1.165) is 10.5 Å². The van der Waals surface area contributed by atoms with Gasteiger partial charge in [-0.2, -0.15) is 0 Å². The molecule has 0 unspecified atom stereocenters. The number of hydrogen-bond acceptors (Lipinski definition) is 4. The zero-order valence-corrected chi connectivity index (χ0v) is 13.3. The molecule has 1 N–H and O–H groups in total. The van der Waals surface area contributed by atoms with E-state index in [4.69, 9.17) is 4.74 Å². The van der Waals surface area contributed by atoms with Gasteiger partial charge < -0.3 is 10.1 Å². The largest absolute Gasteiger partial charge is 0.496 e. The van der Waals surface area contributed by atoms with Gasteiger partial charge in [-0.05, 0) is 24.3 Å². The molecular weight excluding hydrogens is 308 g/mol. The average molecular weight is 324 g/mol. The average Bonchev–Trinajstić information content (AvgIpc) is 2.79. The first-order valence-corrected chi connectivity index (χ1v) is 7.39. The van der Waals surface area contributed by atoms with Crippen LogP contribution in [-0.2, 0) is 11.2 Å². The first-order valence-electron chi connectivity index (χ1n) is 7.39. The van der Waals surface area contributed by atoms with Crippen molar-refractivity contribution in [2.24, 2.45) is 0 Å². The summed E-state index contributed by atoms with van der Waals surface area (Å²) in [5.41, 5.74) is 1.90. The number of fused-ring (bicyclic) bond motifs is 1. The van der Waals surface area contributed by atoms with Gasteiger partial charge in [-0.3, -0.25) is 19.3 Å². The van der Waals surface area contributed by atoms with E-state index in [1.807, 2.05) is 18.2 Å². The number of ether oxygens (including phenoxy) is 1. The molecular formula is C18H16N2O4. The van der Waals surface area contributed by atoms with E-state index in [9.17, 15) is 14.4 Å². The zero-order chi connectivity index (χ0) is 17.3. The molecule has 0 radical (unpaired) electrons. The van der Waals surface area contributed by atoms with E-state index in [1.165, 1.54) is 13.1 Å². The number of carbonyl (C=O) groups is 3. The Kier molecular flexibility index (Phi) is 4.04. The number of imide groups is 1. The van der Waals surface area contributed by atoms with Gasteiger partial charge in [0.1, 0.15) is 5.75 Å². The molecule has 2 aromatic carbocycles. The normalized spacial score (nSPS) is 13.0. The molecule has 122 valence electrons. The summed E-state index contributed by atoms with van der Waals surface area (Å²) >= 11 is 0. The maximum Gasteiger partial charge on any atom is 0.261 e. The van der Waals surface area contributed by atoms with Crippen molar-refractivity contribution in [1.82, 2.24) is 4.90 Å². The molecule has 0 spiro atoms. The molecule has 6 nitrogen and oxygen atoms in total. The van der Waals surface area contributed by atoms with Crippen LogP contribution in [0, 0.1) is 0 Å². The summed E-state index contributed by atoms with van der Waals surface area (Å²) in [5, 5.41) is 2.75. The van der Waals surface area contributed by atoms with Gasteiger partial charge in [-0.25, -0.2) is 0 Å². The van der Waals surface area contributed by atoms with E-state index in [0.29, 0.717) is 22.6 Å². The van der Waals surface area contributed by atoms with Crippen molar-refractivity contribution in [1.29, 1.82) is 0 Å². The molecule has 0 saturated heterocycles. The van der Waals surface area contributed by atoms with Gasteiger partial charge in [-0.15, -0.1) is 0 Å². The predicted molar refractivity (Wildman–Crippen MR) is 88.2 cm³/mol. The van der Waals surface area contributed by atoms with Crippen molar-refractivity contribution in [3.05, 3.63) is 59.2 Å². The number of carbonyl (C=O) groups excluding carboxylic acids is 3. The Balaban J connectivity index is 1.77. The molecule has 6 heteroatoms. The molecule has 2 aromatic rings. The molecule has 3 rings (SSSR count). The van der Waals surface area contributed by atoms with Crippen LogP contribution >= 0.6 is 0 Å². The third kappa shape index (κ3) is 2.74. The van der Waals surface area contributed by atoms with Crippen LogP contribution in [-0.4, -0.2) is 36.8 Å². The topological polar surface area (TPSA) is 75.7 Å². The SMILES string of the molecule is COc1ccccc1CC(=O)Nc1ccc2c(c1)C(=O)N(C)C2=O. The van der Waals surface area contributed by atoms with Crippen LogP contribution in [0.5, 0.6) is 5.75 Å². The molecule has 0 aromatic heterocycles. The van der Waals surface area contributed by atoms with Crippen molar-refractivity contribution < 1.29 is 19.1 Å². The molecule has 0 bridgehead atoms. The summed E-state index contributed by atoms with van der Waals surface area (Å²) in [4.78, 5) is 37.1. The number of nitrogens with one attached hydrogen (secondary N) is 1. The van der Waals surface area contributed by atoms with E-state index >= 15 is 0 Å². The molecule has 0 fully saturated rings. The lowest BCUT2D eigenvalue weighted by Crippen LogP contribution is -2.24. The maximum absolute atomic E-state index is 12.2. The fourth-order valence-corrected chi connectivity index (χ4v) is 2.67. The van der Waals surface area contributed by atoms with Gasteiger partial charge in [-0.1, -0.05) is 18.2 Å². The van der Waals surface area contributed by atoms with Crippen molar-refractivity contribution in [3.63, 3.8) is 0 Å². The number of amides is 3. The first kappa shape index (κ1) is 15.7. The fourth-order valence-electron chi connectivity index (χ4n) is 2.67. The highest BCUT2D eigenvalue weighted by molar-refractivity contribution is 6.21. The molecule has 1 aliphatic heterocycles. The highest BCUT2D eigenvalue weighted by Gasteiger charge is 2.32. The predicted octanol–water partition coefficient (Wildman–Crippen LogP) is 2.10. The molecule has 3 amide bonds. The highest BCUT2D eigenvalue weighted by atomic mass is 16.5. The summed E-state index contributed by atoms with van der Waals surface area (Å²) in [6.45, 7) is 0. The van der Waals surface area contributed by atoms with Crippen LogP contribution in [0.1, 0.15) is 26.3 Å². The number of benzene rings is 2. The van der Waals surface area contributed by atoms with Crippen LogP contribution < -0.4 is 10.1 Å². The Morgan fingerprint density at radius 2 is 1.79 bits per heavy atom. The van der Waals surface area contributed by atoms with Gasteiger partial charge in [0.2, 0.25) is 5.91 Å². The number of para-hydroxylation sites is 1. The number of rotatable bonds is 4. The third-order valence-corrected chi connectivity index (χ3v) is 3.92. The summed E-state index contributed by atoms with van der Waals surface area (Å²) < 4.78 is 5.23. The maximum atomic E-state index is 12.2. The van der Waals surface area contributed by atoms with Crippen LogP contribution in [0.15, 0.2) is 42.5 Å². The summed E-state index contributed by atoms with van der Waals surface area (Å²) in [6.07, 6.45) is 0.147. The summed E-state index contributed by atoms with van der Waals surface area (Å²) in [5.74, 6) is -0.286. The Bertz CT molecular complexity index is 845. The quantitative estimate of drug-likeness (QED) is 0.874. The second-order valence-corrected chi connectivity index (χ2v) is 5.47. The van der Waals surface area contributed by atoms with Crippen LogP contribution in [0.2, 0.25) is 0 Å². The van der Waals surface area contributed by atoms with Crippen molar-refractivity contribution >= 4 is 23.4 Å². The number of methoxy groups -OCH3 is 1. The zero-order valence-electron chi connectivity index (χ0n) is 13.3. The second kappa shape index (κ2) is 6.16. The standard InChI is InChI=1S/C18H16N2O4/c1-20-17(22)13-8-7-12(10-14(13)18(20)23)19-16(21)9-11-5-3-4-6-15(11)24-2/h3-8,10H,9H2,1-2H3,(H,19,21). The molecule has 0 aliphatic carbocycles. The van der Waals surface area contributed by atoms with Crippen LogP contribution in [0.4, 0.5) is 5.69 Å². The molecule has 0 saturated carbocycles. The van der Waals surface area contributed by atoms with E-state index < -0.39 is 0 Å². The fraction of sp³-hybridized carbons (Fsp3) is 0.167. The molecule has 24 heavy (non-hydrogen) atoms. The number of nitrogens with zero attached hydrogens (tertiary/aromatic N) is 1. The van der Waals surface area contributed by atoms with Gasteiger partial charge in [0.05, 0.1) is 24.7 Å². The minimum Gasteiger partial charge on any atom is -0.496 e. The van der Waals surface area contributed by atoms with E-state index in [2.05, 4.69) is 5.32 Å². The Morgan fingerprint density at radius 1 is 1.08 bits per heavy atom. The van der Waals surface area contributed by atoms with Gasteiger partial charge in [0.15, 0.2) is 0 Å². The van der Waals surface area contributed by atoms with Crippen molar-refractivity contribution in [3.8, 4) is 5.75 Å². The monoisotopic (exact) mass is 324 g/mol. The lowest BCUT2D eigenvalue weighted by Gasteiger charge is -2.09. The van der Waals surface area contributed by atoms with E-state index in [1.54, 1.807) is 25.3 Å². The van der Waals surface area contributed by atoms with Crippen LogP contribution in [0.3, 0.4) is 0 Å². The van der Waals surface area contributed by atoms with Gasteiger partial charge in [0, 0.05) is 18.3 Å². The molecule has 1 heterocycles. The lowest BCUT2D eigenvalue weighted by molar-refractivity contribution is -0.115. The number of hydrogen-bond donors (Lipinski definition) is 1. The Hall–Kier alpha value is -3.15. The van der Waals surface area contributed by atoms with E-state index in [-0.39, 0.29) is 24.1 Å². The lowest BCUT2D eigenvalue weighted by atomic mass is 10.1. The second-order valence-electron chi connectivity index (χ2n) is 5.47. The summed E-state index contributed by atoms with van der Waals surface area (Å²) in [6, 6.07) is 12.0. The number of anilines is 1.